The molecular weight excluding hydrogens is 396 g/mol. The van der Waals surface area contributed by atoms with Gasteiger partial charge in [-0.1, -0.05) is 66.0 Å². The molecule has 0 aromatic heterocycles. The summed E-state index contributed by atoms with van der Waals surface area (Å²) in [6, 6.07) is 0. The highest BCUT2D eigenvalue weighted by Gasteiger charge is 2.64. The van der Waals surface area contributed by atoms with Gasteiger partial charge in [0, 0.05) is 11.8 Å². The van der Waals surface area contributed by atoms with Gasteiger partial charge in [0.15, 0.2) is 0 Å². The largest absolute Gasteiger partial charge is 0.393 e. The molecular formula is C29H50O3. The molecule has 3 saturated carbocycles. The van der Waals surface area contributed by atoms with Crippen molar-refractivity contribution in [3.63, 3.8) is 0 Å². The monoisotopic (exact) mass is 446 g/mol. The molecule has 0 aliphatic heterocycles. The minimum Gasteiger partial charge on any atom is -0.393 e. The van der Waals surface area contributed by atoms with Crippen LogP contribution in [0.3, 0.4) is 0 Å². The van der Waals surface area contributed by atoms with Crippen LogP contribution in [-0.2, 0) is 0 Å². The van der Waals surface area contributed by atoms with Gasteiger partial charge in [0.05, 0.1) is 6.10 Å². The molecule has 0 bridgehead atoms. The van der Waals surface area contributed by atoms with Crippen molar-refractivity contribution in [1.82, 2.24) is 0 Å². The summed E-state index contributed by atoms with van der Waals surface area (Å²) >= 11 is 0. The Morgan fingerprint density at radius 2 is 1.69 bits per heavy atom. The van der Waals surface area contributed by atoms with E-state index in [0.29, 0.717) is 23.7 Å². The highest BCUT2D eigenvalue weighted by Crippen LogP contribution is 2.67. The Bertz CT molecular complexity index is 715. The van der Waals surface area contributed by atoms with Gasteiger partial charge in [-0.2, -0.15) is 0 Å². The maximum Gasteiger partial charge on any atom is 0.102 e. The molecule has 4 aliphatic carbocycles. The van der Waals surface area contributed by atoms with Crippen LogP contribution in [0.25, 0.3) is 0 Å². The molecule has 4 aliphatic rings. The van der Waals surface area contributed by atoms with E-state index in [1.807, 2.05) is 6.08 Å². The molecule has 10 atom stereocenters. The summed E-state index contributed by atoms with van der Waals surface area (Å²) in [7, 11) is 0. The van der Waals surface area contributed by atoms with Crippen molar-refractivity contribution in [2.45, 2.75) is 124 Å². The van der Waals surface area contributed by atoms with E-state index in [1.165, 1.54) is 44.1 Å². The first kappa shape index (κ1) is 24.7. The molecule has 0 aromatic carbocycles. The Morgan fingerprint density at radius 1 is 0.969 bits per heavy atom. The topological polar surface area (TPSA) is 60.7 Å². The summed E-state index contributed by atoms with van der Waals surface area (Å²) < 4.78 is 0. The van der Waals surface area contributed by atoms with Crippen molar-refractivity contribution in [3.05, 3.63) is 11.6 Å². The Kier molecular flexibility index (Phi) is 6.71. The number of rotatable bonds is 6. The van der Waals surface area contributed by atoms with E-state index < -0.39 is 17.8 Å². The minimum atomic E-state index is -1.19. The number of aliphatic hydroxyl groups excluding tert-OH is 2. The second-order valence-electron chi connectivity index (χ2n) is 13.2. The van der Waals surface area contributed by atoms with Gasteiger partial charge in [-0.05, 0) is 85.9 Å². The zero-order valence-electron chi connectivity index (χ0n) is 21.6. The quantitative estimate of drug-likeness (QED) is 0.431. The fourth-order valence-electron chi connectivity index (χ4n) is 9.21. The highest BCUT2D eigenvalue weighted by molar-refractivity contribution is 5.33. The third-order valence-corrected chi connectivity index (χ3v) is 11.5. The number of fused-ring (bicyclic) bond motifs is 5. The smallest absolute Gasteiger partial charge is 0.102 e. The van der Waals surface area contributed by atoms with Crippen LogP contribution in [0, 0.1) is 46.3 Å². The van der Waals surface area contributed by atoms with Crippen LogP contribution in [0.5, 0.6) is 0 Å². The Labute approximate surface area is 197 Å². The van der Waals surface area contributed by atoms with Crippen LogP contribution in [0.1, 0.15) is 106 Å². The van der Waals surface area contributed by atoms with Crippen LogP contribution in [0.15, 0.2) is 11.6 Å². The van der Waals surface area contributed by atoms with Crippen molar-refractivity contribution >= 4 is 0 Å². The highest BCUT2D eigenvalue weighted by atomic mass is 16.3. The number of aliphatic hydroxyl groups is 3. The van der Waals surface area contributed by atoms with Gasteiger partial charge in [0.1, 0.15) is 11.7 Å². The Hall–Kier alpha value is -0.380. The lowest BCUT2D eigenvalue weighted by Crippen LogP contribution is -2.65. The molecule has 3 nitrogen and oxygen atoms in total. The molecule has 0 unspecified atom stereocenters. The number of hydrogen-bond acceptors (Lipinski definition) is 3. The third kappa shape index (κ3) is 3.64. The predicted molar refractivity (Wildman–Crippen MR) is 131 cm³/mol. The summed E-state index contributed by atoms with van der Waals surface area (Å²) in [5, 5.41) is 33.0. The van der Waals surface area contributed by atoms with Crippen molar-refractivity contribution in [1.29, 1.82) is 0 Å². The fraction of sp³-hybridized carbons (Fsp3) is 0.931. The lowest BCUT2D eigenvalue weighted by Gasteiger charge is -2.62. The summed E-state index contributed by atoms with van der Waals surface area (Å²) in [6.07, 6.45) is 11.4. The summed E-state index contributed by atoms with van der Waals surface area (Å²) in [5.74, 6) is 4.02. The van der Waals surface area contributed by atoms with E-state index in [1.54, 1.807) is 0 Å². The van der Waals surface area contributed by atoms with Crippen molar-refractivity contribution < 1.29 is 15.3 Å². The summed E-state index contributed by atoms with van der Waals surface area (Å²) in [5.41, 5.74) is 0.259. The van der Waals surface area contributed by atoms with Gasteiger partial charge in [-0.25, -0.2) is 0 Å². The Balaban J connectivity index is 1.56. The Morgan fingerprint density at radius 3 is 2.34 bits per heavy atom. The van der Waals surface area contributed by atoms with E-state index in [-0.39, 0.29) is 5.41 Å². The number of allylic oxidation sites excluding steroid dienone is 1. The molecule has 3 N–H and O–H groups in total. The maximum absolute atomic E-state index is 11.6. The standard InChI is InChI=1S/C29H50O3/c1-7-20(18(2)3)9-8-19(4)23-10-11-24-22-16-26(31)29(32)17-21(30)12-15-28(29,6)25(22)13-14-27(23,24)5/h16,18-21,23-26,30-32H,7-15,17H2,1-6H3/t19-,20-,21+,23-,24+,25+,26-,27-,28-,29+/m1/s1. The molecule has 3 heteroatoms. The molecule has 0 radical (unpaired) electrons. The molecule has 32 heavy (non-hydrogen) atoms. The molecule has 0 saturated heterocycles. The summed E-state index contributed by atoms with van der Waals surface area (Å²) in [4.78, 5) is 0. The van der Waals surface area contributed by atoms with E-state index in [0.717, 1.165) is 42.9 Å². The molecule has 0 heterocycles. The first-order valence-corrected chi connectivity index (χ1v) is 13.8. The molecule has 0 aromatic rings. The second-order valence-corrected chi connectivity index (χ2v) is 13.2. The molecule has 3 fully saturated rings. The first-order chi connectivity index (χ1) is 15.0. The first-order valence-electron chi connectivity index (χ1n) is 13.8. The zero-order valence-corrected chi connectivity index (χ0v) is 21.6. The van der Waals surface area contributed by atoms with E-state index >= 15 is 0 Å². The van der Waals surface area contributed by atoms with Crippen molar-refractivity contribution in [3.8, 4) is 0 Å². The van der Waals surface area contributed by atoms with Gasteiger partial charge in [0.25, 0.3) is 0 Å². The normalized spacial score (nSPS) is 47.9. The fourth-order valence-corrected chi connectivity index (χ4v) is 9.21. The van der Waals surface area contributed by atoms with Crippen LogP contribution < -0.4 is 0 Å². The van der Waals surface area contributed by atoms with Crippen LogP contribution in [0.4, 0.5) is 0 Å². The van der Waals surface area contributed by atoms with Gasteiger partial charge in [-0.15, -0.1) is 0 Å². The van der Waals surface area contributed by atoms with E-state index in [9.17, 15) is 15.3 Å². The van der Waals surface area contributed by atoms with Gasteiger partial charge >= 0.3 is 0 Å². The molecule has 184 valence electrons. The van der Waals surface area contributed by atoms with Crippen molar-refractivity contribution in [2.75, 3.05) is 0 Å². The summed E-state index contributed by atoms with van der Waals surface area (Å²) in [6.45, 7) is 14.3. The minimum absolute atomic E-state index is 0.307. The van der Waals surface area contributed by atoms with E-state index in [4.69, 9.17) is 0 Å². The lowest BCUT2D eigenvalue weighted by atomic mass is 9.45. The average Bonchev–Trinajstić information content (AvgIpc) is 3.08. The third-order valence-electron chi connectivity index (χ3n) is 11.5. The molecule has 0 amide bonds. The SMILES string of the molecule is CC[C@H](CC[C@@H](C)[C@H]1CC[C@H]2C3=C[C@@H](O)[C@@]4(O)C[C@@H](O)CC[C@]4(C)[C@H]3CC[C@]12C)C(C)C. The second kappa shape index (κ2) is 8.68. The zero-order chi connectivity index (χ0) is 23.5. The average molecular weight is 447 g/mol. The van der Waals surface area contributed by atoms with Crippen LogP contribution >= 0.6 is 0 Å². The van der Waals surface area contributed by atoms with Gasteiger partial charge < -0.3 is 15.3 Å². The maximum atomic E-state index is 11.6. The van der Waals surface area contributed by atoms with Gasteiger partial charge in [0.2, 0.25) is 0 Å². The van der Waals surface area contributed by atoms with Gasteiger partial charge in [-0.3, -0.25) is 0 Å². The predicted octanol–water partition coefficient (Wildman–Crippen LogP) is 6.11. The number of hydrogen-bond donors (Lipinski definition) is 3. The lowest BCUT2D eigenvalue weighted by molar-refractivity contribution is -0.210. The molecule has 4 rings (SSSR count). The molecule has 0 spiro atoms. The van der Waals surface area contributed by atoms with E-state index in [2.05, 4.69) is 41.5 Å². The van der Waals surface area contributed by atoms with Crippen molar-refractivity contribution in [2.24, 2.45) is 46.3 Å². The van der Waals surface area contributed by atoms with Crippen LogP contribution in [0.2, 0.25) is 0 Å². The van der Waals surface area contributed by atoms with Crippen LogP contribution in [-0.4, -0.2) is 33.1 Å².